The van der Waals surface area contributed by atoms with Crippen molar-refractivity contribution in [2.75, 3.05) is 6.54 Å². The number of aromatic nitrogens is 2. The van der Waals surface area contributed by atoms with Gasteiger partial charge in [-0.3, -0.25) is 0 Å². The summed E-state index contributed by atoms with van der Waals surface area (Å²) in [6.07, 6.45) is 1.98. The Morgan fingerprint density at radius 2 is 2.29 bits per heavy atom. The van der Waals surface area contributed by atoms with Crippen LogP contribution in [0, 0.1) is 0 Å². The highest BCUT2D eigenvalue weighted by Gasteiger charge is 2.33. The predicted molar refractivity (Wildman–Crippen MR) is 46.5 cm³/mol. The molecule has 0 spiro atoms. The Morgan fingerprint density at radius 3 is 2.93 bits per heavy atom. The second-order valence-corrected chi connectivity index (χ2v) is 4.06. The molecule has 4 nitrogen and oxygen atoms in total. The summed E-state index contributed by atoms with van der Waals surface area (Å²) in [4.78, 5) is 4.28. The molecule has 14 heavy (non-hydrogen) atoms. The Morgan fingerprint density at radius 1 is 1.43 bits per heavy atom. The van der Waals surface area contributed by atoms with Gasteiger partial charge in [0.05, 0.1) is 6.04 Å². The molecule has 0 bridgehead atoms. The van der Waals surface area contributed by atoms with Crippen LogP contribution in [0.4, 0.5) is 4.39 Å². The number of rotatable bonds is 2. The van der Waals surface area contributed by atoms with Crippen molar-refractivity contribution in [1.29, 1.82) is 0 Å². The standard InChI is InChI=1S/C9H12FN3O/c10-6-3-7(11-4-6)9-12-8(13-14-9)5-1-2-5/h5-7,11H,1-4H2/t6-,7+/m0/s1. The maximum absolute atomic E-state index is 12.9. The molecule has 1 saturated heterocycles. The van der Waals surface area contributed by atoms with Crippen molar-refractivity contribution in [1.82, 2.24) is 15.5 Å². The summed E-state index contributed by atoms with van der Waals surface area (Å²) in [7, 11) is 0. The van der Waals surface area contributed by atoms with Crippen LogP contribution in [0.1, 0.15) is 42.9 Å². The molecule has 3 rings (SSSR count). The minimum absolute atomic E-state index is 0.0787. The lowest BCUT2D eigenvalue weighted by Gasteiger charge is -2.00. The molecule has 1 aliphatic carbocycles. The second kappa shape index (κ2) is 3.02. The first-order valence-corrected chi connectivity index (χ1v) is 5.04. The molecule has 1 aromatic heterocycles. The summed E-state index contributed by atoms with van der Waals surface area (Å²) < 4.78 is 18.0. The van der Waals surface area contributed by atoms with E-state index in [-0.39, 0.29) is 6.04 Å². The third-order valence-corrected chi connectivity index (χ3v) is 2.78. The van der Waals surface area contributed by atoms with Gasteiger partial charge in [-0.15, -0.1) is 0 Å². The van der Waals surface area contributed by atoms with Crippen molar-refractivity contribution in [2.45, 2.75) is 37.4 Å². The number of nitrogens with one attached hydrogen (secondary N) is 1. The molecule has 1 aromatic rings. The highest BCUT2D eigenvalue weighted by Crippen LogP contribution is 2.38. The molecule has 2 heterocycles. The average Bonchev–Trinajstić information content (AvgIpc) is 2.76. The highest BCUT2D eigenvalue weighted by atomic mass is 19.1. The molecule has 0 aromatic carbocycles. The first-order valence-electron chi connectivity index (χ1n) is 5.04. The van der Waals surface area contributed by atoms with E-state index in [2.05, 4.69) is 15.5 Å². The first-order chi connectivity index (χ1) is 6.83. The van der Waals surface area contributed by atoms with Crippen LogP contribution in [-0.2, 0) is 0 Å². The van der Waals surface area contributed by atoms with E-state index >= 15 is 0 Å². The van der Waals surface area contributed by atoms with Gasteiger partial charge in [-0.2, -0.15) is 4.98 Å². The average molecular weight is 197 g/mol. The van der Waals surface area contributed by atoms with Crippen molar-refractivity contribution in [3.05, 3.63) is 11.7 Å². The van der Waals surface area contributed by atoms with Crippen molar-refractivity contribution in [2.24, 2.45) is 0 Å². The summed E-state index contributed by atoms with van der Waals surface area (Å²) in [5.74, 6) is 1.84. The Balaban J connectivity index is 1.75. The number of nitrogens with zero attached hydrogens (tertiary/aromatic N) is 2. The van der Waals surface area contributed by atoms with Crippen LogP contribution in [-0.4, -0.2) is 22.9 Å². The van der Waals surface area contributed by atoms with Crippen LogP contribution in [0.2, 0.25) is 0 Å². The van der Waals surface area contributed by atoms with Crippen LogP contribution in [0.3, 0.4) is 0 Å². The molecule has 1 saturated carbocycles. The van der Waals surface area contributed by atoms with Crippen molar-refractivity contribution in [3.8, 4) is 0 Å². The summed E-state index contributed by atoms with van der Waals surface area (Å²) in [5, 5.41) is 6.92. The van der Waals surface area contributed by atoms with Gasteiger partial charge in [0.2, 0.25) is 5.89 Å². The number of hydrogen-bond donors (Lipinski definition) is 1. The topological polar surface area (TPSA) is 51.0 Å². The zero-order valence-electron chi connectivity index (χ0n) is 7.74. The fourth-order valence-corrected chi connectivity index (χ4v) is 1.78. The van der Waals surface area contributed by atoms with Crippen LogP contribution in [0.5, 0.6) is 0 Å². The molecular weight excluding hydrogens is 185 g/mol. The molecule has 0 unspecified atom stereocenters. The van der Waals surface area contributed by atoms with Crippen LogP contribution >= 0.6 is 0 Å². The summed E-state index contributed by atoms with van der Waals surface area (Å²) in [6.45, 7) is 0.395. The van der Waals surface area contributed by atoms with E-state index in [1.54, 1.807) is 0 Å². The van der Waals surface area contributed by atoms with E-state index in [1.807, 2.05) is 0 Å². The number of hydrogen-bond acceptors (Lipinski definition) is 4. The molecule has 1 N–H and O–H groups in total. The van der Waals surface area contributed by atoms with Gasteiger partial charge in [0, 0.05) is 18.9 Å². The van der Waals surface area contributed by atoms with Crippen LogP contribution < -0.4 is 5.32 Å². The van der Waals surface area contributed by atoms with Gasteiger partial charge in [-0.25, -0.2) is 4.39 Å². The predicted octanol–water partition coefficient (Wildman–Crippen LogP) is 1.32. The van der Waals surface area contributed by atoms with E-state index in [0.29, 0.717) is 24.8 Å². The SMILES string of the molecule is F[C@@H]1CN[C@@H](c2nc(C3CC3)no2)C1. The number of halogens is 1. The van der Waals surface area contributed by atoms with Crippen molar-refractivity contribution in [3.63, 3.8) is 0 Å². The quantitative estimate of drug-likeness (QED) is 0.776. The molecule has 0 amide bonds. The molecule has 1 aliphatic heterocycles. The van der Waals surface area contributed by atoms with Gasteiger partial charge in [0.25, 0.3) is 0 Å². The fourth-order valence-electron chi connectivity index (χ4n) is 1.78. The van der Waals surface area contributed by atoms with Gasteiger partial charge in [0.15, 0.2) is 5.82 Å². The zero-order chi connectivity index (χ0) is 9.54. The Hall–Kier alpha value is -0.970. The first kappa shape index (κ1) is 8.35. The van der Waals surface area contributed by atoms with E-state index in [9.17, 15) is 4.39 Å². The summed E-state index contributed by atoms with van der Waals surface area (Å²) in [6, 6.07) is -0.0787. The molecule has 76 valence electrons. The van der Waals surface area contributed by atoms with Crippen LogP contribution in [0.25, 0.3) is 0 Å². The third kappa shape index (κ3) is 1.41. The maximum Gasteiger partial charge on any atom is 0.243 e. The van der Waals surface area contributed by atoms with Crippen LogP contribution in [0.15, 0.2) is 4.52 Å². The van der Waals surface area contributed by atoms with Gasteiger partial charge in [-0.05, 0) is 12.8 Å². The molecule has 0 radical (unpaired) electrons. The van der Waals surface area contributed by atoms with E-state index in [0.717, 1.165) is 18.7 Å². The van der Waals surface area contributed by atoms with E-state index in [1.165, 1.54) is 0 Å². The van der Waals surface area contributed by atoms with Crippen molar-refractivity contribution < 1.29 is 8.91 Å². The monoisotopic (exact) mass is 197 g/mol. The fraction of sp³-hybridized carbons (Fsp3) is 0.778. The molecule has 5 heteroatoms. The highest BCUT2D eigenvalue weighted by molar-refractivity contribution is 5.06. The lowest BCUT2D eigenvalue weighted by atomic mass is 10.2. The number of alkyl halides is 1. The van der Waals surface area contributed by atoms with Gasteiger partial charge in [-0.1, -0.05) is 5.16 Å². The molecule has 2 fully saturated rings. The van der Waals surface area contributed by atoms with E-state index < -0.39 is 6.17 Å². The smallest absolute Gasteiger partial charge is 0.243 e. The summed E-state index contributed by atoms with van der Waals surface area (Å²) >= 11 is 0. The normalized spacial score (nSPS) is 32.4. The minimum atomic E-state index is -0.781. The molecule has 2 aliphatic rings. The Kier molecular flexibility index (Phi) is 1.80. The minimum Gasteiger partial charge on any atom is -0.338 e. The Bertz CT molecular complexity index is 337. The second-order valence-electron chi connectivity index (χ2n) is 4.06. The summed E-state index contributed by atoms with van der Waals surface area (Å²) in [5.41, 5.74) is 0. The van der Waals surface area contributed by atoms with E-state index in [4.69, 9.17) is 4.52 Å². The van der Waals surface area contributed by atoms with Crippen molar-refractivity contribution >= 4 is 0 Å². The third-order valence-electron chi connectivity index (χ3n) is 2.78. The Labute approximate surface area is 80.9 Å². The van der Waals surface area contributed by atoms with Gasteiger partial charge in [0.1, 0.15) is 6.17 Å². The molecule has 2 atom stereocenters. The lowest BCUT2D eigenvalue weighted by Crippen LogP contribution is -2.14. The zero-order valence-corrected chi connectivity index (χ0v) is 7.74. The molecular formula is C9H12FN3O. The maximum atomic E-state index is 12.9. The van der Waals surface area contributed by atoms with Gasteiger partial charge < -0.3 is 9.84 Å². The lowest BCUT2D eigenvalue weighted by molar-refractivity contribution is 0.322. The largest absolute Gasteiger partial charge is 0.338 e. The van der Waals surface area contributed by atoms with Gasteiger partial charge >= 0.3 is 0 Å².